The van der Waals surface area contributed by atoms with Crippen LogP contribution in [-0.2, 0) is 6.54 Å². The number of anilines is 2. The monoisotopic (exact) mass is 349 g/mol. The highest BCUT2D eigenvalue weighted by atomic mass is 16.5. The second-order valence-electron chi connectivity index (χ2n) is 5.65. The van der Waals surface area contributed by atoms with E-state index in [-0.39, 0.29) is 17.3 Å². The van der Waals surface area contributed by atoms with Crippen molar-refractivity contribution in [3.05, 3.63) is 48.5 Å². The first kappa shape index (κ1) is 17.2. The van der Waals surface area contributed by atoms with E-state index < -0.39 is 0 Å². The van der Waals surface area contributed by atoms with Gasteiger partial charge in [-0.15, -0.1) is 0 Å². The number of hydrogen-bond acceptors (Lipinski definition) is 7. The van der Waals surface area contributed by atoms with Gasteiger partial charge < -0.3 is 20.8 Å². The lowest BCUT2D eigenvalue weighted by molar-refractivity contribution is 0.304. The quantitative estimate of drug-likeness (QED) is 0.626. The average molecular weight is 349 g/mol. The molecule has 0 saturated carbocycles. The first-order chi connectivity index (χ1) is 12.7. The number of aryl methyl sites for hydroxylation is 1. The number of rotatable bonds is 7. The van der Waals surface area contributed by atoms with Crippen molar-refractivity contribution in [1.29, 1.82) is 5.26 Å². The van der Waals surface area contributed by atoms with Gasteiger partial charge in [0.25, 0.3) is 0 Å². The Hall–Kier alpha value is -3.60. The third kappa shape index (κ3) is 3.89. The Bertz CT molecular complexity index is 916. The molecular weight excluding hydrogens is 330 g/mol. The summed E-state index contributed by atoms with van der Waals surface area (Å²) >= 11 is 0. The summed E-state index contributed by atoms with van der Waals surface area (Å²) in [5, 5.41) is 9.38. The predicted molar refractivity (Wildman–Crippen MR) is 98.0 cm³/mol. The van der Waals surface area contributed by atoms with E-state index in [9.17, 15) is 5.26 Å². The van der Waals surface area contributed by atoms with Crippen LogP contribution in [0.3, 0.4) is 0 Å². The highest BCUT2D eigenvalue weighted by molar-refractivity contribution is 5.77. The number of hydrogen-bond donors (Lipinski definition) is 2. The fourth-order valence-corrected chi connectivity index (χ4v) is 2.59. The van der Waals surface area contributed by atoms with Gasteiger partial charge in [-0.3, -0.25) is 0 Å². The molecule has 0 aliphatic heterocycles. The van der Waals surface area contributed by atoms with Crippen molar-refractivity contribution in [3.8, 4) is 23.1 Å². The summed E-state index contributed by atoms with van der Waals surface area (Å²) < 4.78 is 7.94. The Balaban J connectivity index is 1.72. The van der Waals surface area contributed by atoms with E-state index in [0.29, 0.717) is 23.6 Å². The summed E-state index contributed by atoms with van der Waals surface area (Å²) in [6.45, 7) is 1.44. The molecule has 1 aromatic carbocycles. The molecule has 0 fully saturated rings. The van der Waals surface area contributed by atoms with Gasteiger partial charge in [0.05, 0.1) is 18.6 Å². The maximum Gasteiger partial charge on any atom is 0.222 e. The van der Waals surface area contributed by atoms with Crippen molar-refractivity contribution >= 4 is 11.8 Å². The number of aromatic nitrogens is 4. The van der Waals surface area contributed by atoms with Gasteiger partial charge >= 0.3 is 0 Å². The molecule has 0 radical (unpaired) electrons. The van der Waals surface area contributed by atoms with E-state index in [2.05, 4.69) is 15.0 Å². The normalized spacial score (nSPS) is 10.4. The van der Waals surface area contributed by atoms with Crippen LogP contribution in [0.4, 0.5) is 11.8 Å². The number of nitrogen functional groups attached to an aromatic ring is 2. The zero-order chi connectivity index (χ0) is 18.4. The van der Waals surface area contributed by atoms with E-state index >= 15 is 0 Å². The van der Waals surface area contributed by atoms with Crippen LogP contribution in [0, 0.1) is 11.3 Å². The second kappa shape index (κ2) is 7.98. The molecule has 0 spiro atoms. The molecule has 2 aromatic heterocycles. The van der Waals surface area contributed by atoms with Crippen molar-refractivity contribution in [2.45, 2.75) is 19.4 Å². The molecule has 4 N–H and O–H groups in total. The fraction of sp³-hybridized carbons (Fsp3) is 0.222. The van der Waals surface area contributed by atoms with Crippen LogP contribution in [0.25, 0.3) is 11.3 Å². The first-order valence-corrected chi connectivity index (χ1v) is 8.20. The molecule has 0 atom stereocenters. The number of nitriles is 1. The van der Waals surface area contributed by atoms with Gasteiger partial charge in [0.1, 0.15) is 23.2 Å². The van der Waals surface area contributed by atoms with Crippen LogP contribution in [-0.4, -0.2) is 26.1 Å². The number of nitrogens with two attached hydrogens (primary N) is 2. The predicted octanol–water partition coefficient (Wildman–Crippen LogP) is 2.24. The molecular formula is C18H19N7O. The van der Waals surface area contributed by atoms with Gasteiger partial charge in [0.15, 0.2) is 0 Å². The lowest BCUT2D eigenvalue weighted by atomic mass is 10.1. The molecule has 0 aliphatic rings. The third-order valence-electron chi connectivity index (χ3n) is 3.84. The number of ether oxygens (including phenoxy) is 1. The van der Waals surface area contributed by atoms with Gasteiger partial charge in [0.2, 0.25) is 5.95 Å². The first-order valence-electron chi connectivity index (χ1n) is 8.20. The summed E-state index contributed by atoms with van der Waals surface area (Å²) in [5.74, 6) is 0.709. The van der Waals surface area contributed by atoms with Crippen LogP contribution >= 0.6 is 0 Å². The molecule has 0 aliphatic carbocycles. The van der Waals surface area contributed by atoms with Crippen LogP contribution < -0.4 is 16.2 Å². The molecule has 0 unspecified atom stereocenters. The highest BCUT2D eigenvalue weighted by Crippen LogP contribution is 2.32. The van der Waals surface area contributed by atoms with Crippen molar-refractivity contribution in [1.82, 2.24) is 19.5 Å². The Morgan fingerprint density at radius 1 is 1.15 bits per heavy atom. The molecule has 8 nitrogen and oxygen atoms in total. The molecule has 0 saturated heterocycles. The maximum atomic E-state index is 9.38. The van der Waals surface area contributed by atoms with Crippen molar-refractivity contribution in [2.24, 2.45) is 0 Å². The average Bonchev–Trinajstić information content (AvgIpc) is 3.15. The summed E-state index contributed by atoms with van der Waals surface area (Å²) in [6, 6.07) is 9.40. The minimum atomic E-state index is 0.0200. The number of nitrogens with zero attached hydrogens (tertiary/aromatic N) is 5. The minimum Gasteiger partial charge on any atom is -0.493 e. The molecule has 3 aromatic rings. The Morgan fingerprint density at radius 3 is 2.77 bits per heavy atom. The summed E-state index contributed by atoms with van der Waals surface area (Å²) in [6.07, 6.45) is 7.34. The van der Waals surface area contributed by atoms with E-state index in [1.54, 1.807) is 12.5 Å². The third-order valence-corrected chi connectivity index (χ3v) is 3.84. The minimum absolute atomic E-state index is 0.0200. The van der Waals surface area contributed by atoms with E-state index in [1.165, 1.54) is 0 Å². The Morgan fingerprint density at radius 2 is 2.00 bits per heavy atom. The zero-order valence-electron chi connectivity index (χ0n) is 14.2. The molecule has 8 heteroatoms. The van der Waals surface area contributed by atoms with Gasteiger partial charge in [-0.1, -0.05) is 12.1 Å². The zero-order valence-corrected chi connectivity index (χ0v) is 14.2. The Labute approximate surface area is 151 Å². The van der Waals surface area contributed by atoms with Crippen molar-refractivity contribution < 1.29 is 4.74 Å². The lowest BCUT2D eigenvalue weighted by Gasteiger charge is -2.13. The fourth-order valence-electron chi connectivity index (χ4n) is 2.59. The van der Waals surface area contributed by atoms with Crippen LogP contribution in [0.1, 0.15) is 18.4 Å². The Kier molecular flexibility index (Phi) is 5.29. The molecule has 26 heavy (non-hydrogen) atoms. The second-order valence-corrected chi connectivity index (χ2v) is 5.65. The molecule has 3 rings (SSSR count). The smallest absolute Gasteiger partial charge is 0.222 e. The van der Waals surface area contributed by atoms with E-state index in [0.717, 1.165) is 19.4 Å². The van der Waals surface area contributed by atoms with Crippen LogP contribution in [0.5, 0.6) is 5.75 Å². The van der Waals surface area contributed by atoms with Gasteiger partial charge in [-0.25, -0.2) is 9.97 Å². The SMILES string of the molecule is N#Cc1c(N)nc(N)nc1-c1ccccc1OCCCCn1ccnc1. The van der Waals surface area contributed by atoms with E-state index in [4.69, 9.17) is 16.2 Å². The largest absolute Gasteiger partial charge is 0.493 e. The summed E-state index contributed by atoms with van der Waals surface area (Å²) in [7, 11) is 0. The van der Waals surface area contributed by atoms with Crippen LogP contribution in [0.2, 0.25) is 0 Å². The van der Waals surface area contributed by atoms with Crippen molar-refractivity contribution in [2.75, 3.05) is 18.1 Å². The number of unbranched alkanes of at least 4 members (excludes halogenated alkanes) is 1. The summed E-state index contributed by atoms with van der Waals surface area (Å²) in [4.78, 5) is 12.0. The maximum absolute atomic E-state index is 9.38. The van der Waals surface area contributed by atoms with Gasteiger partial charge in [-0.2, -0.15) is 10.2 Å². The standard InChI is InChI=1S/C18H19N7O/c19-11-14-16(23-18(21)24-17(14)20)13-5-1-2-6-15(13)26-10-4-3-8-25-9-7-22-12-25/h1-2,5-7,9,12H,3-4,8,10H2,(H4,20,21,23,24). The van der Waals surface area contributed by atoms with Gasteiger partial charge in [-0.05, 0) is 25.0 Å². The number of benzene rings is 1. The number of imidazole rings is 1. The molecule has 0 bridgehead atoms. The van der Waals surface area contributed by atoms with E-state index in [1.807, 2.05) is 41.1 Å². The summed E-state index contributed by atoms with van der Waals surface area (Å²) in [5.41, 5.74) is 12.7. The molecule has 0 amide bonds. The highest BCUT2D eigenvalue weighted by Gasteiger charge is 2.16. The topological polar surface area (TPSA) is 129 Å². The van der Waals surface area contributed by atoms with Crippen LogP contribution in [0.15, 0.2) is 43.0 Å². The molecule has 2 heterocycles. The molecule has 132 valence electrons. The van der Waals surface area contributed by atoms with Gasteiger partial charge in [0, 0.05) is 24.5 Å². The lowest BCUT2D eigenvalue weighted by Crippen LogP contribution is -2.06. The number of para-hydroxylation sites is 1. The van der Waals surface area contributed by atoms with Crippen molar-refractivity contribution in [3.63, 3.8) is 0 Å².